The summed E-state index contributed by atoms with van der Waals surface area (Å²) in [4.78, 5) is 0.0816. The van der Waals surface area contributed by atoms with Crippen LogP contribution in [-0.2, 0) is 17.1 Å². The van der Waals surface area contributed by atoms with Gasteiger partial charge in [-0.15, -0.1) is 0 Å². The number of rotatable bonds is 4. The molecule has 2 aliphatic rings. The molecule has 0 aromatic carbocycles. The maximum atomic E-state index is 12.2. The Kier molecular flexibility index (Phi) is 3.05. The first-order valence-corrected chi connectivity index (χ1v) is 8.23. The molecule has 3 atom stereocenters. The van der Waals surface area contributed by atoms with Crippen molar-refractivity contribution in [1.29, 1.82) is 0 Å². The Labute approximate surface area is 113 Å². The molecule has 1 aromatic rings. The van der Waals surface area contributed by atoms with E-state index in [2.05, 4.69) is 9.82 Å². The summed E-state index contributed by atoms with van der Waals surface area (Å²) < 4.78 is 28.5. The van der Waals surface area contributed by atoms with Crippen LogP contribution in [0, 0.1) is 17.8 Å². The number of nitrogens with zero attached hydrogens (tertiary/aromatic N) is 2. The lowest BCUT2D eigenvalue weighted by molar-refractivity contribution is 0.333. The number of aryl methyl sites for hydroxylation is 1. The van der Waals surface area contributed by atoms with Gasteiger partial charge in [-0.3, -0.25) is 4.68 Å². The minimum absolute atomic E-state index is 0.0583. The van der Waals surface area contributed by atoms with E-state index in [0.717, 1.165) is 12.3 Å². The number of aromatic nitrogens is 2. The SMILES string of the molecule is Cn1cc(S(=O)(=O)NCC2CC3CCC2C3)c(N)n1. The number of hydrogen-bond acceptors (Lipinski definition) is 4. The fraction of sp³-hybridized carbons (Fsp3) is 0.750. The van der Waals surface area contributed by atoms with Crippen LogP contribution in [0.4, 0.5) is 5.82 Å². The molecule has 0 amide bonds. The monoisotopic (exact) mass is 284 g/mol. The van der Waals surface area contributed by atoms with Gasteiger partial charge in [-0.25, -0.2) is 13.1 Å². The Bertz CT molecular complexity index is 581. The maximum Gasteiger partial charge on any atom is 0.245 e. The van der Waals surface area contributed by atoms with E-state index in [1.165, 1.54) is 30.1 Å². The zero-order chi connectivity index (χ0) is 13.6. The van der Waals surface area contributed by atoms with Crippen molar-refractivity contribution in [2.75, 3.05) is 12.3 Å². The number of fused-ring (bicyclic) bond motifs is 2. The second kappa shape index (κ2) is 4.49. The topological polar surface area (TPSA) is 90.0 Å². The molecule has 2 bridgehead atoms. The van der Waals surface area contributed by atoms with E-state index < -0.39 is 10.0 Å². The van der Waals surface area contributed by atoms with Gasteiger partial charge < -0.3 is 5.73 Å². The summed E-state index contributed by atoms with van der Waals surface area (Å²) in [5.41, 5.74) is 5.62. The van der Waals surface area contributed by atoms with Crippen LogP contribution in [0.5, 0.6) is 0 Å². The molecule has 2 saturated carbocycles. The summed E-state index contributed by atoms with van der Waals surface area (Å²) in [5.74, 6) is 2.08. The van der Waals surface area contributed by atoms with Crippen LogP contribution in [0.1, 0.15) is 25.7 Å². The minimum atomic E-state index is -3.53. The molecule has 7 heteroatoms. The van der Waals surface area contributed by atoms with Gasteiger partial charge >= 0.3 is 0 Å². The van der Waals surface area contributed by atoms with E-state index in [-0.39, 0.29) is 10.7 Å². The predicted molar refractivity (Wildman–Crippen MR) is 71.7 cm³/mol. The fourth-order valence-corrected chi connectivity index (χ4v) is 4.81. The Morgan fingerprint density at radius 3 is 2.79 bits per heavy atom. The van der Waals surface area contributed by atoms with Crippen molar-refractivity contribution < 1.29 is 8.42 Å². The molecule has 0 saturated heterocycles. The normalized spacial score (nSPS) is 30.1. The van der Waals surface area contributed by atoms with E-state index in [1.807, 2.05) is 0 Å². The molecule has 2 aliphatic carbocycles. The van der Waals surface area contributed by atoms with Crippen molar-refractivity contribution in [3.05, 3.63) is 6.20 Å². The zero-order valence-electron chi connectivity index (χ0n) is 11.0. The third-order valence-corrected chi connectivity index (χ3v) is 5.97. The molecule has 6 nitrogen and oxygen atoms in total. The number of hydrogen-bond donors (Lipinski definition) is 2. The molecule has 106 valence electrons. The molecule has 0 aliphatic heterocycles. The van der Waals surface area contributed by atoms with E-state index in [4.69, 9.17) is 5.73 Å². The van der Waals surface area contributed by atoms with Crippen molar-refractivity contribution in [3.63, 3.8) is 0 Å². The van der Waals surface area contributed by atoms with Crippen LogP contribution in [0.15, 0.2) is 11.1 Å². The second-order valence-corrected chi connectivity index (χ2v) is 7.57. The number of nitrogens with one attached hydrogen (secondary N) is 1. The lowest BCUT2D eigenvalue weighted by Crippen LogP contribution is -2.31. The largest absolute Gasteiger partial charge is 0.381 e. The van der Waals surface area contributed by atoms with Crippen molar-refractivity contribution in [1.82, 2.24) is 14.5 Å². The average Bonchev–Trinajstić information content (AvgIpc) is 3.02. The number of sulfonamides is 1. The quantitative estimate of drug-likeness (QED) is 0.852. The Morgan fingerprint density at radius 1 is 1.47 bits per heavy atom. The highest BCUT2D eigenvalue weighted by Crippen LogP contribution is 2.48. The van der Waals surface area contributed by atoms with Gasteiger partial charge in [-0.2, -0.15) is 5.10 Å². The van der Waals surface area contributed by atoms with Crippen LogP contribution in [0.25, 0.3) is 0 Å². The van der Waals surface area contributed by atoms with Crippen LogP contribution in [0.2, 0.25) is 0 Å². The smallest absolute Gasteiger partial charge is 0.245 e. The number of anilines is 1. The van der Waals surface area contributed by atoms with Crippen LogP contribution < -0.4 is 10.5 Å². The summed E-state index contributed by atoms with van der Waals surface area (Å²) >= 11 is 0. The van der Waals surface area contributed by atoms with E-state index in [9.17, 15) is 8.42 Å². The van der Waals surface area contributed by atoms with Gasteiger partial charge in [0.2, 0.25) is 10.0 Å². The van der Waals surface area contributed by atoms with Gasteiger partial charge in [0, 0.05) is 19.8 Å². The Morgan fingerprint density at radius 2 is 2.26 bits per heavy atom. The molecular formula is C12H20N4O2S. The summed E-state index contributed by atoms with van der Waals surface area (Å²) in [6, 6.07) is 0. The van der Waals surface area contributed by atoms with E-state index in [1.54, 1.807) is 7.05 Å². The van der Waals surface area contributed by atoms with Gasteiger partial charge in [0.15, 0.2) is 5.82 Å². The van der Waals surface area contributed by atoms with Gasteiger partial charge in [0.05, 0.1) is 0 Å². The Balaban J connectivity index is 1.67. The molecule has 19 heavy (non-hydrogen) atoms. The first kappa shape index (κ1) is 12.9. The van der Waals surface area contributed by atoms with Crippen molar-refractivity contribution in [2.45, 2.75) is 30.6 Å². The van der Waals surface area contributed by atoms with Crippen molar-refractivity contribution >= 4 is 15.8 Å². The lowest BCUT2D eigenvalue weighted by Gasteiger charge is -2.21. The standard InChI is InChI=1S/C12H20N4O2S/c1-16-7-11(12(13)15-16)19(17,18)14-6-10-5-8-2-3-9(10)4-8/h7-10,14H,2-6H2,1H3,(H2,13,15). The number of nitrogens with two attached hydrogens (primary N) is 1. The van der Waals surface area contributed by atoms with E-state index in [0.29, 0.717) is 18.4 Å². The molecule has 1 aromatic heterocycles. The summed E-state index contributed by atoms with van der Waals surface area (Å²) in [5, 5.41) is 3.87. The van der Waals surface area contributed by atoms with Crippen molar-refractivity contribution in [2.24, 2.45) is 24.8 Å². The molecule has 2 fully saturated rings. The van der Waals surface area contributed by atoms with E-state index >= 15 is 0 Å². The fourth-order valence-electron chi connectivity index (χ4n) is 3.61. The first-order chi connectivity index (χ1) is 8.95. The average molecular weight is 284 g/mol. The van der Waals surface area contributed by atoms with Crippen LogP contribution >= 0.6 is 0 Å². The van der Waals surface area contributed by atoms with Gasteiger partial charge in [0.25, 0.3) is 0 Å². The highest BCUT2D eigenvalue weighted by Gasteiger charge is 2.39. The van der Waals surface area contributed by atoms with Crippen LogP contribution in [0.3, 0.4) is 0 Å². The van der Waals surface area contributed by atoms with Gasteiger partial charge in [-0.1, -0.05) is 6.42 Å². The second-order valence-electron chi connectivity index (χ2n) is 5.84. The predicted octanol–water partition coefficient (Wildman–Crippen LogP) is 0.717. The van der Waals surface area contributed by atoms with Gasteiger partial charge in [0.1, 0.15) is 4.90 Å². The highest BCUT2D eigenvalue weighted by molar-refractivity contribution is 7.89. The lowest BCUT2D eigenvalue weighted by atomic mass is 9.89. The number of nitrogen functional groups attached to an aromatic ring is 1. The molecule has 1 heterocycles. The molecular weight excluding hydrogens is 264 g/mol. The first-order valence-electron chi connectivity index (χ1n) is 6.74. The summed E-state index contributed by atoms with van der Waals surface area (Å²) in [7, 11) is -1.87. The summed E-state index contributed by atoms with van der Waals surface area (Å²) in [6.45, 7) is 0.526. The molecule has 3 N–H and O–H groups in total. The maximum absolute atomic E-state index is 12.2. The van der Waals surface area contributed by atoms with Crippen molar-refractivity contribution in [3.8, 4) is 0 Å². The minimum Gasteiger partial charge on any atom is -0.381 e. The molecule has 0 spiro atoms. The molecule has 0 radical (unpaired) electrons. The third-order valence-electron chi connectivity index (χ3n) is 4.53. The van der Waals surface area contributed by atoms with Crippen LogP contribution in [-0.4, -0.2) is 24.7 Å². The summed E-state index contributed by atoms with van der Waals surface area (Å²) in [6.07, 6.45) is 6.46. The zero-order valence-corrected chi connectivity index (χ0v) is 11.9. The molecule has 3 rings (SSSR count). The molecule has 3 unspecified atom stereocenters. The third kappa shape index (κ3) is 2.36. The van der Waals surface area contributed by atoms with Gasteiger partial charge in [-0.05, 0) is 37.0 Å². The highest BCUT2D eigenvalue weighted by atomic mass is 32.2. The Hall–Kier alpha value is -1.08.